The van der Waals surface area contributed by atoms with Crippen LogP contribution in [-0.2, 0) is 6.54 Å². The summed E-state index contributed by atoms with van der Waals surface area (Å²) < 4.78 is 2.20. The number of anilines is 1. The Bertz CT molecular complexity index is 770. The Labute approximate surface area is 137 Å². The predicted molar refractivity (Wildman–Crippen MR) is 94.8 cm³/mol. The van der Waals surface area contributed by atoms with Crippen LogP contribution >= 0.6 is 0 Å². The van der Waals surface area contributed by atoms with Crippen LogP contribution in [-0.4, -0.2) is 9.38 Å². The first-order chi connectivity index (χ1) is 11.4. The largest absolute Gasteiger partial charge is 0.366 e. The molecule has 0 aliphatic heterocycles. The average molecular weight is 305 g/mol. The maximum absolute atomic E-state index is 4.95. The standard InChI is InChI=1S/C20H23N3/c1-3-9-16(10-4-1)15-21-20-19(17-11-5-2-6-12-17)22-18-13-7-8-14-23(18)20/h1,3-4,7-10,13-14,17,21H,2,5-6,11-12,15H2. The zero-order chi connectivity index (χ0) is 15.5. The first-order valence-corrected chi connectivity index (χ1v) is 8.66. The second kappa shape index (κ2) is 6.45. The smallest absolute Gasteiger partial charge is 0.138 e. The lowest BCUT2D eigenvalue weighted by Gasteiger charge is -2.21. The molecule has 23 heavy (non-hydrogen) atoms. The van der Waals surface area contributed by atoms with E-state index < -0.39 is 0 Å². The van der Waals surface area contributed by atoms with Crippen molar-refractivity contribution >= 4 is 11.5 Å². The Morgan fingerprint density at radius 2 is 1.74 bits per heavy atom. The van der Waals surface area contributed by atoms with Crippen molar-refractivity contribution in [2.75, 3.05) is 5.32 Å². The van der Waals surface area contributed by atoms with Crippen LogP contribution in [0.1, 0.15) is 49.3 Å². The van der Waals surface area contributed by atoms with Gasteiger partial charge in [0, 0.05) is 18.7 Å². The molecule has 3 heteroatoms. The summed E-state index contributed by atoms with van der Waals surface area (Å²) in [5.41, 5.74) is 3.60. The average Bonchev–Trinajstić information content (AvgIpc) is 3.00. The number of pyridine rings is 1. The molecule has 1 saturated carbocycles. The van der Waals surface area contributed by atoms with Gasteiger partial charge in [-0.3, -0.25) is 4.40 Å². The molecular weight excluding hydrogens is 282 g/mol. The normalized spacial score (nSPS) is 15.8. The molecule has 118 valence electrons. The number of imidazole rings is 1. The molecule has 1 N–H and O–H groups in total. The van der Waals surface area contributed by atoms with Gasteiger partial charge in [-0.25, -0.2) is 4.98 Å². The highest BCUT2D eigenvalue weighted by atomic mass is 15.1. The predicted octanol–water partition coefficient (Wildman–Crippen LogP) is 4.99. The molecule has 0 amide bonds. The van der Waals surface area contributed by atoms with Crippen LogP contribution in [0.2, 0.25) is 0 Å². The first-order valence-electron chi connectivity index (χ1n) is 8.66. The third-order valence-electron chi connectivity index (χ3n) is 4.85. The summed E-state index contributed by atoms with van der Waals surface area (Å²) in [5, 5.41) is 3.65. The number of rotatable bonds is 4. The summed E-state index contributed by atoms with van der Waals surface area (Å²) in [6, 6.07) is 16.8. The minimum Gasteiger partial charge on any atom is -0.366 e. The molecule has 1 aromatic carbocycles. The second-order valence-electron chi connectivity index (χ2n) is 6.45. The van der Waals surface area contributed by atoms with Gasteiger partial charge in [0.2, 0.25) is 0 Å². The molecule has 2 aromatic heterocycles. The van der Waals surface area contributed by atoms with Crippen molar-refractivity contribution in [1.29, 1.82) is 0 Å². The van der Waals surface area contributed by atoms with Crippen LogP contribution in [0.25, 0.3) is 5.65 Å². The van der Waals surface area contributed by atoms with Crippen molar-refractivity contribution < 1.29 is 0 Å². The van der Waals surface area contributed by atoms with Crippen LogP contribution in [0.3, 0.4) is 0 Å². The number of nitrogens with one attached hydrogen (secondary N) is 1. The fraction of sp³-hybridized carbons (Fsp3) is 0.350. The fourth-order valence-electron chi connectivity index (χ4n) is 3.63. The number of fused-ring (bicyclic) bond motifs is 1. The second-order valence-corrected chi connectivity index (χ2v) is 6.45. The van der Waals surface area contributed by atoms with Gasteiger partial charge in [0.05, 0.1) is 5.69 Å². The number of hydrogen-bond acceptors (Lipinski definition) is 2. The summed E-state index contributed by atoms with van der Waals surface area (Å²) in [7, 11) is 0. The Kier molecular flexibility index (Phi) is 4.01. The minimum atomic E-state index is 0.599. The molecule has 0 saturated heterocycles. The molecule has 4 rings (SSSR count). The van der Waals surface area contributed by atoms with Gasteiger partial charge in [0.25, 0.3) is 0 Å². The van der Waals surface area contributed by atoms with E-state index in [-0.39, 0.29) is 0 Å². The van der Waals surface area contributed by atoms with Crippen molar-refractivity contribution in [3.05, 3.63) is 66.0 Å². The van der Waals surface area contributed by atoms with Gasteiger partial charge in [0.15, 0.2) is 0 Å². The van der Waals surface area contributed by atoms with Crippen molar-refractivity contribution in [2.24, 2.45) is 0 Å². The molecule has 1 aliphatic rings. The van der Waals surface area contributed by atoms with E-state index in [1.807, 2.05) is 0 Å². The summed E-state index contributed by atoms with van der Waals surface area (Å²) in [4.78, 5) is 4.95. The zero-order valence-electron chi connectivity index (χ0n) is 13.4. The van der Waals surface area contributed by atoms with Crippen molar-refractivity contribution in [3.8, 4) is 0 Å². The van der Waals surface area contributed by atoms with Gasteiger partial charge in [0.1, 0.15) is 11.5 Å². The monoisotopic (exact) mass is 305 g/mol. The van der Waals surface area contributed by atoms with E-state index in [0.717, 1.165) is 12.2 Å². The highest BCUT2D eigenvalue weighted by Crippen LogP contribution is 2.36. The van der Waals surface area contributed by atoms with Crippen LogP contribution in [0.4, 0.5) is 5.82 Å². The van der Waals surface area contributed by atoms with Gasteiger partial charge in [-0.05, 0) is 30.5 Å². The molecule has 0 bridgehead atoms. The van der Waals surface area contributed by atoms with Gasteiger partial charge < -0.3 is 5.32 Å². The lowest BCUT2D eigenvalue weighted by atomic mass is 9.87. The Morgan fingerprint density at radius 3 is 2.57 bits per heavy atom. The summed E-state index contributed by atoms with van der Waals surface area (Å²) in [5.74, 6) is 1.78. The van der Waals surface area contributed by atoms with Crippen LogP contribution in [0.5, 0.6) is 0 Å². The number of aromatic nitrogens is 2. The molecule has 3 nitrogen and oxygen atoms in total. The van der Waals surface area contributed by atoms with Gasteiger partial charge in [-0.1, -0.05) is 55.7 Å². The molecule has 0 spiro atoms. The van der Waals surface area contributed by atoms with E-state index in [1.165, 1.54) is 49.2 Å². The van der Waals surface area contributed by atoms with Crippen molar-refractivity contribution in [3.63, 3.8) is 0 Å². The third kappa shape index (κ3) is 2.96. The highest BCUT2D eigenvalue weighted by molar-refractivity contribution is 5.56. The maximum atomic E-state index is 4.95. The van der Waals surface area contributed by atoms with Crippen LogP contribution in [0.15, 0.2) is 54.7 Å². The van der Waals surface area contributed by atoms with E-state index in [4.69, 9.17) is 4.98 Å². The molecule has 0 radical (unpaired) electrons. The molecular formula is C20H23N3. The zero-order valence-corrected chi connectivity index (χ0v) is 13.4. The summed E-state index contributed by atoms with van der Waals surface area (Å²) in [6.45, 7) is 0.837. The quantitative estimate of drug-likeness (QED) is 0.735. The summed E-state index contributed by atoms with van der Waals surface area (Å²) >= 11 is 0. The Hall–Kier alpha value is -2.29. The third-order valence-corrected chi connectivity index (χ3v) is 4.85. The van der Waals surface area contributed by atoms with E-state index >= 15 is 0 Å². The molecule has 2 heterocycles. The SMILES string of the molecule is c1ccc(CNc2c(C3CCCCC3)nc3ccccn23)cc1. The van der Waals surface area contributed by atoms with Gasteiger partial charge in [-0.15, -0.1) is 0 Å². The number of nitrogens with zero attached hydrogens (tertiary/aromatic N) is 2. The van der Waals surface area contributed by atoms with Crippen LogP contribution in [0, 0.1) is 0 Å². The molecule has 1 aliphatic carbocycles. The van der Waals surface area contributed by atoms with Crippen LogP contribution < -0.4 is 5.32 Å². The van der Waals surface area contributed by atoms with E-state index in [9.17, 15) is 0 Å². The Morgan fingerprint density at radius 1 is 0.957 bits per heavy atom. The molecule has 1 fully saturated rings. The fourth-order valence-corrected chi connectivity index (χ4v) is 3.63. The first kappa shape index (κ1) is 14.3. The van der Waals surface area contributed by atoms with E-state index in [2.05, 4.69) is 64.4 Å². The number of benzene rings is 1. The topological polar surface area (TPSA) is 29.3 Å². The van der Waals surface area contributed by atoms with Crippen molar-refractivity contribution in [2.45, 2.75) is 44.6 Å². The van der Waals surface area contributed by atoms with Crippen molar-refractivity contribution in [1.82, 2.24) is 9.38 Å². The summed E-state index contributed by atoms with van der Waals surface area (Å²) in [6.07, 6.45) is 8.68. The number of hydrogen-bond donors (Lipinski definition) is 1. The lowest BCUT2D eigenvalue weighted by Crippen LogP contribution is -2.10. The molecule has 3 aromatic rings. The van der Waals surface area contributed by atoms with E-state index in [1.54, 1.807) is 0 Å². The molecule has 0 atom stereocenters. The molecule has 0 unspecified atom stereocenters. The van der Waals surface area contributed by atoms with Gasteiger partial charge in [-0.2, -0.15) is 0 Å². The van der Waals surface area contributed by atoms with E-state index in [0.29, 0.717) is 5.92 Å². The minimum absolute atomic E-state index is 0.599. The maximum Gasteiger partial charge on any atom is 0.138 e. The van der Waals surface area contributed by atoms with Gasteiger partial charge >= 0.3 is 0 Å². The lowest BCUT2D eigenvalue weighted by molar-refractivity contribution is 0.438. The Balaban J connectivity index is 1.67. The highest BCUT2D eigenvalue weighted by Gasteiger charge is 2.23.